The molecule has 0 aliphatic carbocycles. The molecule has 154 valence electrons. The van der Waals surface area contributed by atoms with Gasteiger partial charge < -0.3 is 10.1 Å². The van der Waals surface area contributed by atoms with Crippen LogP contribution in [0.2, 0.25) is 0 Å². The molecule has 2 heterocycles. The third-order valence-electron chi connectivity index (χ3n) is 3.79. The molecule has 3 aromatic rings. The van der Waals surface area contributed by atoms with Gasteiger partial charge in [-0.3, -0.25) is 4.79 Å². The van der Waals surface area contributed by atoms with Crippen molar-refractivity contribution >= 4 is 11.6 Å². The molecule has 0 saturated heterocycles. The van der Waals surface area contributed by atoms with Gasteiger partial charge in [0.2, 0.25) is 0 Å². The fourth-order valence-electron chi connectivity index (χ4n) is 2.55. The van der Waals surface area contributed by atoms with E-state index in [1.807, 2.05) is 0 Å². The van der Waals surface area contributed by atoms with E-state index in [0.717, 1.165) is 16.7 Å². The van der Waals surface area contributed by atoms with Gasteiger partial charge in [-0.25, -0.2) is 22.7 Å². The van der Waals surface area contributed by atoms with Gasteiger partial charge in [-0.05, 0) is 18.2 Å². The Morgan fingerprint density at radius 1 is 1.17 bits per heavy atom. The number of amides is 1. The first-order chi connectivity index (χ1) is 13.6. The van der Waals surface area contributed by atoms with Gasteiger partial charge in [0, 0.05) is 18.3 Å². The summed E-state index contributed by atoms with van der Waals surface area (Å²) in [7, 11) is 0. The summed E-state index contributed by atoms with van der Waals surface area (Å²) in [5.74, 6) is -1.15. The minimum Gasteiger partial charge on any atom is -0.405 e. The molecule has 3 rings (SSSR count). The zero-order chi connectivity index (χ0) is 21.2. The second kappa shape index (κ2) is 7.89. The number of alkyl halides is 5. The van der Waals surface area contributed by atoms with Crippen molar-refractivity contribution in [1.29, 1.82) is 0 Å². The predicted molar refractivity (Wildman–Crippen MR) is 89.8 cm³/mol. The average molecular weight is 416 g/mol. The van der Waals surface area contributed by atoms with Gasteiger partial charge in [0.15, 0.2) is 5.65 Å². The molecule has 0 aliphatic heterocycles. The zero-order valence-electron chi connectivity index (χ0n) is 14.5. The molecular formula is C17H13F5N4O3. The van der Waals surface area contributed by atoms with Gasteiger partial charge in [0.1, 0.15) is 12.3 Å². The highest BCUT2D eigenvalue weighted by atomic mass is 19.4. The normalized spacial score (nSPS) is 11.8. The van der Waals surface area contributed by atoms with Crippen LogP contribution in [0.5, 0.6) is 5.75 Å². The first kappa shape index (κ1) is 20.3. The highest BCUT2D eigenvalue weighted by Gasteiger charge is 2.32. The number of hydrogen-bond donors (Lipinski definition) is 1. The quantitative estimate of drug-likeness (QED) is 0.627. The standard InChI is InChI=1S/C17H13F5N4O3/c18-13(19)9-26-16(28)25-8-11(5-6-14(25)24-26)15(27)23-7-10-3-1-2-4-12(10)29-17(20,21)22/h1-6,8,13H,7,9H2,(H,23,27). The molecule has 1 amide bonds. The number of aromatic nitrogens is 3. The van der Waals surface area contributed by atoms with E-state index in [4.69, 9.17) is 0 Å². The number of halogens is 5. The molecule has 12 heteroatoms. The lowest BCUT2D eigenvalue weighted by atomic mass is 10.2. The van der Waals surface area contributed by atoms with E-state index in [1.165, 1.54) is 30.3 Å². The highest BCUT2D eigenvalue weighted by Crippen LogP contribution is 2.26. The third-order valence-corrected chi connectivity index (χ3v) is 3.79. The molecule has 0 atom stereocenters. The SMILES string of the molecule is O=C(NCc1ccccc1OC(F)(F)F)c1ccc2nn(CC(F)F)c(=O)n2c1. The second-order valence-electron chi connectivity index (χ2n) is 5.84. The molecule has 0 bridgehead atoms. The number of nitrogens with one attached hydrogen (secondary N) is 1. The summed E-state index contributed by atoms with van der Waals surface area (Å²) in [4.78, 5) is 24.4. The Labute approximate surface area is 159 Å². The summed E-state index contributed by atoms with van der Waals surface area (Å²) in [5, 5.41) is 6.14. The van der Waals surface area contributed by atoms with E-state index >= 15 is 0 Å². The maximum atomic E-state index is 12.5. The van der Waals surface area contributed by atoms with Crippen molar-refractivity contribution < 1.29 is 31.5 Å². The third kappa shape index (κ3) is 4.89. The molecule has 1 N–H and O–H groups in total. The van der Waals surface area contributed by atoms with Crippen molar-refractivity contribution in [3.8, 4) is 5.75 Å². The number of pyridine rings is 1. The molecule has 0 spiro atoms. The fourth-order valence-corrected chi connectivity index (χ4v) is 2.55. The Morgan fingerprint density at radius 2 is 1.90 bits per heavy atom. The lowest BCUT2D eigenvalue weighted by Gasteiger charge is -2.13. The summed E-state index contributed by atoms with van der Waals surface area (Å²) in [6.45, 7) is -1.17. The summed E-state index contributed by atoms with van der Waals surface area (Å²) < 4.78 is 67.7. The van der Waals surface area contributed by atoms with Crippen LogP contribution < -0.4 is 15.7 Å². The number of nitrogens with zero attached hydrogens (tertiary/aromatic N) is 3. The number of para-hydroxylation sites is 1. The Balaban J connectivity index is 1.77. The number of rotatable bonds is 6. The summed E-state index contributed by atoms with van der Waals surface area (Å²) in [6, 6.07) is 7.89. The Hall–Kier alpha value is -3.44. The topological polar surface area (TPSA) is 77.6 Å². The fraction of sp³-hybridized carbons (Fsp3) is 0.235. The molecule has 0 unspecified atom stereocenters. The molecule has 1 aromatic carbocycles. The van der Waals surface area contributed by atoms with Crippen LogP contribution in [-0.4, -0.2) is 32.9 Å². The van der Waals surface area contributed by atoms with E-state index in [-0.39, 0.29) is 23.3 Å². The molecule has 0 saturated carbocycles. The molecule has 0 aliphatic rings. The van der Waals surface area contributed by atoms with Crippen LogP contribution in [-0.2, 0) is 13.1 Å². The predicted octanol–water partition coefficient (Wildman–Crippen LogP) is 2.59. The first-order valence-corrected chi connectivity index (χ1v) is 8.13. The maximum absolute atomic E-state index is 12.5. The Morgan fingerprint density at radius 3 is 2.59 bits per heavy atom. The number of carbonyl (C=O) groups is 1. The van der Waals surface area contributed by atoms with Crippen LogP contribution in [0.15, 0.2) is 47.4 Å². The molecule has 29 heavy (non-hydrogen) atoms. The number of benzene rings is 1. The first-order valence-electron chi connectivity index (χ1n) is 8.13. The van der Waals surface area contributed by atoms with Crippen molar-refractivity contribution in [2.45, 2.75) is 25.9 Å². The van der Waals surface area contributed by atoms with Crippen LogP contribution >= 0.6 is 0 Å². The largest absolute Gasteiger partial charge is 0.573 e. The van der Waals surface area contributed by atoms with Gasteiger partial charge in [-0.2, -0.15) is 0 Å². The zero-order valence-corrected chi connectivity index (χ0v) is 14.5. The van der Waals surface area contributed by atoms with E-state index < -0.39 is 36.7 Å². The van der Waals surface area contributed by atoms with Gasteiger partial charge in [-0.1, -0.05) is 18.2 Å². The van der Waals surface area contributed by atoms with E-state index in [2.05, 4.69) is 15.2 Å². The van der Waals surface area contributed by atoms with E-state index in [0.29, 0.717) is 4.68 Å². The van der Waals surface area contributed by atoms with Gasteiger partial charge in [0.05, 0.1) is 5.56 Å². The summed E-state index contributed by atoms with van der Waals surface area (Å²) in [5.41, 5.74) is -0.707. The summed E-state index contributed by atoms with van der Waals surface area (Å²) >= 11 is 0. The van der Waals surface area contributed by atoms with Gasteiger partial charge in [-0.15, -0.1) is 18.3 Å². The van der Waals surface area contributed by atoms with Crippen molar-refractivity contribution in [3.05, 3.63) is 64.2 Å². The van der Waals surface area contributed by atoms with Crippen LogP contribution in [0.1, 0.15) is 15.9 Å². The summed E-state index contributed by atoms with van der Waals surface area (Å²) in [6.07, 6.45) is -6.55. The highest BCUT2D eigenvalue weighted by molar-refractivity contribution is 5.94. The average Bonchev–Trinajstić information content (AvgIpc) is 2.94. The van der Waals surface area contributed by atoms with Crippen LogP contribution in [0, 0.1) is 0 Å². The minimum absolute atomic E-state index is 0.00887. The lowest BCUT2D eigenvalue weighted by Crippen LogP contribution is -2.26. The van der Waals surface area contributed by atoms with Crippen molar-refractivity contribution in [2.75, 3.05) is 0 Å². The molecular weight excluding hydrogens is 403 g/mol. The number of hydrogen-bond acceptors (Lipinski definition) is 4. The van der Waals surface area contributed by atoms with Crippen LogP contribution in [0.25, 0.3) is 5.65 Å². The van der Waals surface area contributed by atoms with E-state index in [1.54, 1.807) is 0 Å². The lowest BCUT2D eigenvalue weighted by molar-refractivity contribution is -0.274. The van der Waals surface area contributed by atoms with Crippen molar-refractivity contribution in [1.82, 2.24) is 19.5 Å². The Kier molecular flexibility index (Phi) is 5.52. The number of fused-ring (bicyclic) bond motifs is 1. The van der Waals surface area contributed by atoms with Crippen molar-refractivity contribution in [3.63, 3.8) is 0 Å². The van der Waals surface area contributed by atoms with Gasteiger partial charge >= 0.3 is 12.1 Å². The molecule has 2 aromatic heterocycles. The number of carbonyl (C=O) groups excluding carboxylic acids is 1. The minimum atomic E-state index is -4.88. The molecule has 0 fully saturated rings. The smallest absolute Gasteiger partial charge is 0.405 e. The van der Waals surface area contributed by atoms with Crippen molar-refractivity contribution in [2.24, 2.45) is 0 Å². The molecule has 0 radical (unpaired) electrons. The van der Waals surface area contributed by atoms with E-state index in [9.17, 15) is 31.5 Å². The molecule has 7 nitrogen and oxygen atoms in total. The maximum Gasteiger partial charge on any atom is 0.573 e. The van der Waals surface area contributed by atoms with Crippen LogP contribution in [0.4, 0.5) is 22.0 Å². The Bertz CT molecular complexity index is 1090. The monoisotopic (exact) mass is 416 g/mol. The number of ether oxygens (including phenoxy) is 1. The van der Waals surface area contributed by atoms with Gasteiger partial charge in [0.25, 0.3) is 12.3 Å². The second-order valence-corrected chi connectivity index (χ2v) is 5.84. The van der Waals surface area contributed by atoms with Crippen LogP contribution in [0.3, 0.4) is 0 Å².